The van der Waals surface area contributed by atoms with Gasteiger partial charge in [-0.3, -0.25) is 9.36 Å². The minimum absolute atomic E-state index is 0.329. The monoisotopic (exact) mass is 206 g/mol. The molecule has 4 heteroatoms. The molecular formula is C11H14N2O2. The molecule has 0 unspecified atom stereocenters. The normalized spacial score (nSPS) is 10.1. The molecule has 1 rings (SSSR count). The van der Waals surface area contributed by atoms with Gasteiger partial charge >= 0.3 is 5.69 Å². The molecule has 0 amide bonds. The fourth-order valence-corrected chi connectivity index (χ4v) is 1.29. The molecule has 0 bridgehead atoms. The average molecular weight is 206 g/mol. The highest BCUT2D eigenvalue weighted by atomic mass is 16.2. The van der Waals surface area contributed by atoms with Crippen molar-refractivity contribution in [1.82, 2.24) is 9.13 Å². The summed E-state index contributed by atoms with van der Waals surface area (Å²) < 4.78 is 2.38. The molecular weight excluding hydrogens is 192 g/mol. The van der Waals surface area contributed by atoms with Gasteiger partial charge in [0.1, 0.15) is 0 Å². The standard InChI is InChI=1S/C11H14N2O2/c1-7(2)12-6-9(5)10(14)13(8(3)4)11(12)15/h6H,1,3H2,2,4-5H3. The van der Waals surface area contributed by atoms with Gasteiger partial charge in [-0.05, 0) is 20.8 Å². The molecule has 0 spiro atoms. The minimum Gasteiger partial charge on any atom is -0.273 e. The van der Waals surface area contributed by atoms with Gasteiger partial charge in [0.25, 0.3) is 5.56 Å². The SMILES string of the molecule is C=C(C)n1cc(C)c(=O)n(C(=C)C)c1=O. The van der Waals surface area contributed by atoms with Gasteiger partial charge in [0.2, 0.25) is 0 Å². The van der Waals surface area contributed by atoms with E-state index in [1.807, 2.05) is 0 Å². The molecule has 0 saturated carbocycles. The van der Waals surface area contributed by atoms with Crippen LogP contribution in [0.25, 0.3) is 11.4 Å². The predicted molar refractivity (Wildman–Crippen MR) is 61.7 cm³/mol. The molecule has 1 heterocycles. The van der Waals surface area contributed by atoms with E-state index in [-0.39, 0.29) is 5.56 Å². The third kappa shape index (κ3) is 1.83. The number of hydrogen-bond acceptors (Lipinski definition) is 2. The molecule has 0 aromatic carbocycles. The molecule has 0 saturated heterocycles. The molecule has 0 N–H and O–H groups in total. The summed E-state index contributed by atoms with van der Waals surface area (Å²) in [5.74, 6) is 0. The Morgan fingerprint density at radius 3 is 2.13 bits per heavy atom. The van der Waals surface area contributed by atoms with Crippen LogP contribution in [-0.4, -0.2) is 9.13 Å². The van der Waals surface area contributed by atoms with Gasteiger partial charge in [0, 0.05) is 23.2 Å². The number of hydrogen-bond donors (Lipinski definition) is 0. The summed E-state index contributed by atoms with van der Waals surface area (Å²) in [4.78, 5) is 23.5. The molecule has 0 aliphatic heterocycles. The summed E-state index contributed by atoms with van der Waals surface area (Å²) in [5.41, 5.74) is 0.706. The number of allylic oxidation sites excluding steroid dienone is 2. The van der Waals surface area contributed by atoms with Crippen molar-refractivity contribution in [3.63, 3.8) is 0 Å². The quantitative estimate of drug-likeness (QED) is 0.732. The topological polar surface area (TPSA) is 44.0 Å². The van der Waals surface area contributed by atoms with E-state index in [0.717, 1.165) is 4.57 Å². The van der Waals surface area contributed by atoms with E-state index in [9.17, 15) is 9.59 Å². The van der Waals surface area contributed by atoms with Crippen LogP contribution in [0.5, 0.6) is 0 Å². The lowest BCUT2D eigenvalue weighted by molar-refractivity contribution is 0.807. The average Bonchev–Trinajstić information content (AvgIpc) is 2.10. The van der Waals surface area contributed by atoms with Crippen LogP contribution in [0.3, 0.4) is 0 Å². The smallest absolute Gasteiger partial charge is 0.273 e. The molecule has 0 aliphatic rings. The summed E-state index contributed by atoms with van der Waals surface area (Å²) in [6, 6.07) is 0. The molecule has 1 aromatic heterocycles. The van der Waals surface area contributed by atoms with Crippen LogP contribution in [0.15, 0.2) is 28.9 Å². The van der Waals surface area contributed by atoms with Crippen LogP contribution in [-0.2, 0) is 0 Å². The molecule has 15 heavy (non-hydrogen) atoms. The van der Waals surface area contributed by atoms with Crippen molar-refractivity contribution >= 4 is 11.4 Å². The zero-order chi connectivity index (χ0) is 11.7. The lowest BCUT2D eigenvalue weighted by Gasteiger charge is -2.10. The first-order valence-electron chi connectivity index (χ1n) is 4.53. The van der Waals surface area contributed by atoms with E-state index in [1.165, 1.54) is 10.8 Å². The van der Waals surface area contributed by atoms with E-state index in [1.54, 1.807) is 20.8 Å². The van der Waals surface area contributed by atoms with Gasteiger partial charge in [0.05, 0.1) is 0 Å². The Labute approximate surface area is 87.8 Å². The lowest BCUT2D eigenvalue weighted by Crippen LogP contribution is -2.38. The fraction of sp³-hybridized carbons (Fsp3) is 0.273. The first kappa shape index (κ1) is 11.2. The Morgan fingerprint density at radius 1 is 1.20 bits per heavy atom. The van der Waals surface area contributed by atoms with Gasteiger partial charge in [-0.1, -0.05) is 13.2 Å². The Hall–Kier alpha value is -1.84. The molecule has 0 fully saturated rings. The van der Waals surface area contributed by atoms with Gasteiger partial charge in [-0.25, -0.2) is 9.36 Å². The van der Waals surface area contributed by atoms with E-state index in [4.69, 9.17) is 0 Å². The maximum Gasteiger partial charge on any atom is 0.339 e. The van der Waals surface area contributed by atoms with Crippen molar-refractivity contribution in [1.29, 1.82) is 0 Å². The molecule has 0 radical (unpaired) electrons. The summed E-state index contributed by atoms with van der Waals surface area (Å²) in [6.45, 7) is 12.3. The van der Waals surface area contributed by atoms with Crippen molar-refractivity contribution in [3.05, 3.63) is 45.8 Å². The van der Waals surface area contributed by atoms with Crippen molar-refractivity contribution in [2.45, 2.75) is 20.8 Å². The number of aromatic nitrogens is 2. The largest absolute Gasteiger partial charge is 0.339 e. The summed E-state index contributed by atoms with van der Waals surface area (Å²) >= 11 is 0. The third-order valence-electron chi connectivity index (χ3n) is 2.05. The van der Waals surface area contributed by atoms with E-state index < -0.39 is 5.69 Å². The summed E-state index contributed by atoms with van der Waals surface area (Å²) in [6.07, 6.45) is 1.49. The van der Waals surface area contributed by atoms with Crippen LogP contribution in [0.4, 0.5) is 0 Å². The van der Waals surface area contributed by atoms with Crippen LogP contribution in [0.1, 0.15) is 19.4 Å². The van der Waals surface area contributed by atoms with E-state index >= 15 is 0 Å². The highest BCUT2D eigenvalue weighted by Gasteiger charge is 2.08. The van der Waals surface area contributed by atoms with Crippen LogP contribution in [0, 0.1) is 6.92 Å². The molecule has 1 aromatic rings. The number of rotatable bonds is 2. The van der Waals surface area contributed by atoms with Crippen molar-refractivity contribution in [2.24, 2.45) is 0 Å². The Bertz CT molecular complexity index is 547. The number of nitrogens with zero attached hydrogens (tertiary/aromatic N) is 2. The van der Waals surface area contributed by atoms with E-state index in [0.29, 0.717) is 17.0 Å². The summed E-state index contributed by atoms with van der Waals surface area (Å²) in [7, 11) is 0. The highest BCUT2D eigenvalue weighted by Crippen LogP contribution is 1.98. The molecule has 4 nitrogen and oxygen atoms in total. The van der Waals surface area contributed by atoms with Crippen LogP contribution >= 0.6 is 0 Å². The van der Waals surface area contributed by atoms with Gasteiger partial charge in [0.15, 0.2) is 0 Å². The maximum absolute atomic E-state index is 11.8. The summed E-state index contributed by atoms with van der Waals surface area (Å²) in [5, 5.41) is 0. The zero-order valence-electron chi connectivity index (χ0n) is 9.20. The fourth-order valence-electron chi connectivity index (χ4n) is 1.29. The first-order chi connectivity index (χ1) is 6.86. The molecule has 0 aliphatic carbocycles. The van der Waals surface area contributed by atoms with Crippen LogP contribution in [0.2, 0.25) is 0 Å². The second-order valence-corrected chi connectivity index (χ2v) is 3.58. The maximum atomic E-state index is 11.8. The minimum atomic E-state index is -0.425. The third-order valence-corrected chi connectivity index (χ3v) is 2.05. The van der Waals surface area contributed by atoms with Gasteiger partial charge in [-0.15, -0.1) is 0 Å². The predicted octanol–water partition coefficient (Wildman–Crippen LogP) is 1.30. The van der Waals surface area contributed by atoms with E-state index in [2.05, 4.69) is 13.2 Å². The Morgan fingerprint density at radius 2 is 1.73 bits per heavy atom. The Balaban J connectivity index is 3.80. The van der Waals surface area contributed by atoms with Crippen molar-refractivity contribution < 1.29 is 0 Å². The second-order valence-electron chi connectivity index (χ2n) is 3.58. The second kappa shape index (κ2) is 3.73. The Kier molecular flexibility index (Phi) is 2.79. The zero-order valence-corrected chi connectivity index (χ0v) is 9.20. The lowest BCUT2D eigenvalue weighted by atomic mass is 10.3. The first-order valence-corrected chi connectivity index (χ1v) is 4.53. The van der Waals surface area contributed by atoms with Gasteiger partial charge in [-0.2, -0.15) is 0 Å². The van der Waals surface area contributed by atoms with Crippen molar-refractivity contribution in [3.8, 4) is 0 Å². The van der Waals surface area contributed by atoms with Crippen molar-refractivity contribution in [2.75, 3.05) is 0 Å². The van der Waals surface area contributed by atoms with Gasteiger partial charge < -0.3 is 0 Å². The molecule has 0 atom stereocenters. The number of aryl methyl sites for hydroxylation is 1. The molecule has 80 valence electrons. The van der Waals surface area contributed by atoms with Crippen LogP contribution < -0.4 is 11.2 Å². The highest BCUT2D eigenvalue weighted by molar-refractivity contribution is 5.42.